The van der Waals surface area contributed by atoms with Gasteiger partial charge in [0.25, 0.3) is 0 Å². The molecule has 1 amide bonds. The summed E-state index contributed by atoms with van der Waals surface area (Å²) in [6, 6.07) is 5.14. The second kappa shape index (κ2) is 6.22. The lowest BCUT2D eigenvalue weighted by molar-refractivity contribution is -0.0410. The van der Waals surface area contributed by atoms with Crippen molar-refractivity contribution in [1.29, 1.82) is 0 Å². The summed E-state index contributed by atoms with van der Waals surface area (Å²) in [6.07, 6.45) is 0.838. The first-order valence-electron chi connectivity index (χ1n) is 7.08. The van der Waals surface area contributed by atoms with Crippen LogP contribution in [0.1, 0.15) is 27.2 Å². The maximum atomic E-state index is 11.7. The topological polar surface area (TPSA) is 85.6 Å². The third-order valence-corrected chi connectivity index (χ3v) is 3.02. The van der Waals surface area contributed by atoms with Crippen LogP contribution in [0.2, 0.25) is 0 Å². The normalized spacial score (nSPS) is 17.8. The van der Waals surface area contributed by atoms with E-state index in [0.29, 0.717) is 11.4 Å². The van der Waals surface area contributed by atoms with E-state index in [-0.39, 0.29) is 11.6 Å². The fourth-order valence-electron chi connectivity index (χ4n) is 1.87. The smallest absolute Gasteiger partial charge is 0.410 e. The molecule has 1 aliphatic heterocycles. The Kier molecular flexibility index (Phi) is 4.57. The van der Waals surface area contributed by atoms with E-state index in [0.717, 1.165) is 25.3 Å². The number of ether oxygens (including phenoxy) is 2. The molecule has 21 heavy (non-hydrogen) atoms. The zero-order chi connectivity index (χ0) is 15.5. The Morgan fingerprint density at radius 3 is 2.71 bits per heavy atom. The molecule has 0 saturated carbocycles. The van der Waals surface area contributed by atoms with Gasteiger partial charge in [-0.05, 0) is 39.3 Å². The molecule has 2 rings (SSSR count). The molecule has 0 unspecified atom stereocenters. The molecule has 0 radical (unpaired) electrons. The quantitative estimate of drug-likeness (QED) is 0.742. The number of nitrogen functional groups attached to an aromatic ring is 1. The Morgan fingerprint density at radius 2 is 2.19 bits per heavy atom. The maximum absolute atomic E-state index is 11.7. The standard InChI is InChI=1S/C15H23N3O3/c1-15(2,3)18-14(19)21-10-4-5-13(12(16)8-10)17-9-11-6-7-20-11/h4-5,8,11,17H,6-7,9,16H2,1-3H3,(H,18,19)/t11-/m0/s1. The molecule has 0 aliphatic carbocycles. The van der Waals surface area contributed by atoms with Crippen molar-refractivity contribution in [3.8, 4) is 5.75 Å². The molecule has 6 nitrogen and oxygen atoms in total. The van der Waals surface area contributed by atoms with Crippen molar-refractivity contribution in [3.63, 3.8) is 0 Å². The van der Waals surface area contributed by atoms with Crippen LogP contribution in [-0.2, 0) is 4.74 Å². The predicted octanol–water partition coefficient (Wildman–Crippen LogP) is 2.36. The van der Waals surface area contributed by atoms with Gasteiger partial charge in [-0.1, -0.05) is 0 Å². The first-order valence-corrected chi connectivity index (χ1v) is 7.08. The van der Waals surface area contributed by atoms with Gasteiger partial charge in [0.1, 0.15) is 5.75 Å². The number of rotatable bonds is 4. The van der Waals surface area contributed by atoms with Crippen LogP contribution in [0, 0.1) is 0 Å². The maximum Gasteiger partial charge on any atom is 0.413 e. The molecule has 1 aliphatic rings. The second-order valence-electron chi connectivity index (χ2n) is 6.18. The van der Waals surface area contributed by atoms with E-state index in [1.807, 2.05) is 20.8 Å². The highest BCUT2D eigenvalue weighted by Gasteiger charge is 2.18. The number of nitrogens with one attached hydrogen (secondary N) is 2. The minimum atomic E-state index is -0.495. The van der Waals surface area contributed by atoms with Crippen LogP contribution in [0.4, 0.5) is 16.2 Å². The second-order valence-corrected chi connectivity index (χ2v) is 6.18. The fraction of sp³-hybridized carbons (Fsp3) is 0.533. The summed E-state index contributed by atoms with van der Waals surface area (Å²) in [6.45, 7) is 7.22. The van der Waals surface area contributed by atoms with Crippen molar-refractivity contribution in [2.24, 2.45) is 0 Å². The Hall–Kier alpha value is -1.95. The SMILES string of the molecule is CC(C)(C)NC(=O)Oc1ccc(NC[C@@H]2CCO2)c(N)c1. The Balaban J connectivity index is 1.90. The van der Waals surface area contributed by atoms with Gasteiger partial charge in [-0.15, -0.1) is 0 Å². The number of nitrogens with two attached hydrogens (primary N) is 1. The summed E-state index contributed by atoms with van der Waals surface area (Å²) in [5, 5.41) is 5.95. The molecular weight excluding hydrogens is 270 g/mol. The molecule has 116 valence electrons. The molecule has 0 bridgehead atoms. The lowest BCUT2D eigenvalue weighted by atomic mass is 10.1. The largest absolute Gasteiger partial charge is 0.413 e. The van der Waals surface area contributed by atoms with Crippen molar-refractivity contribution in [1.82, 2.24) is 5.32 Å². The van der Waals surface area contributed by atoms with Crippen LogP contribution in [0.5, 0.6) is 5.75 Å². The Labute approximate surface area is 125 Å². The van der Waals surface area contributed by atoms with E-state index < -0.39 is 6.09 Å². The summed E-state index contributed by atoms with van der Waals surface area (Å²) in [4.78, 5) is 11.7. The number of carbonyl (C=O) groups excluding carboxylic acids is 1. The highest BCUT2D eigenvalue weighted by atomic mass is 16.6. The van der Waals surface area contributed by atoms with Gasteiger partial charge in [-0.3, -0.25) is 0 Å². The number of benzene rings is 1. The molecule has 1 aromatic rings. The van der Waals surface area contributed by atoms with Crippen molar-refractivity contribution >= 4 is 17.5 Å². The van der Waals surface area contributed by atoms with Gasteiger partial charge in [-0.25, -0.2) is 4.79 Å². The first-order chi connectivity index (χ1) is 9.83. The zero-order valence-corrected chi connectivity index (χ0v) is 12.7. The lowest BCUT2D eigenvalue weighted by Gasteiger charge is -2.27. The Bertz CT molecular complexity index is 507. The summed E-state index contributed by atoms with van der Waals surface area (Å²) in [5.74, 6) is 0.416. The number of carbonyl (C=O) groups is 1. The van der Waals surface area contributed by atoms with Crippen LogP contribution >= 0.6 is 0 Å². The van der Waals surface area contributed by atoms with Gasteiger partial charge in [0, 0.05) is 24.8 Å². The minimum Gasteiger partial charge on any atom is -0.410 e. The predicted molar refractivity (Wildman–Crippen MR) is 82.6 cm³/mol. The number of hydrogen-bond donors (Lipinski definition) is 3. The molecule has 1 saturated heterocycles. The van der Waals surface area contributed by atoms with Crippen LogP contribution in [-0.4, -0.2) is 30.9 Å². The van der Waals surface area contributed by atoms with Gasteiger partial charge < -0.3 is 25.8 Å². The van der Waals surface area contributed by atoms with E-state index in [4.69, 9.17) is 15.2 Å². The summed E-state index contributed by atoms with van der Waals surface area (Å²) < 4.78 is 10.5. The highest BCUT2D eigenvalue weighted by Crippen LogP contribution is 2.25. The van der Waals surface area contributed by atoms with Crippen molar-refractivity contribution in [3.05, 3.63) is 18.2 Å². The zero-order valence-electron chi connectivity index (χ0n) is 12.7. The highest BCUT2D eigenvalue weighted by molar-refractivity contribution is 5.74. The van der Waals surface area contributed by atoms with Gasteiger partial charge >= 0.3 is 6.09 Å². The minimum absolute atomic E-state index is 0.262. The molecule has 4 N–H and O–H groups in total. The van der Waals surface area contributed by atoms with Gasteiger partial charge in [0.15, 0.2) is 0 Å². The van der Waals surface area contributed by atoms with Crippen molar-refractivity contribution in [2.75, 3.05) is 24.2 Å². The van der Waals surface area contributed by atoms with Gasteiger partial charge in [0.2, 0.25) is 0 Å². The summed E-state index contributed by atoms with van der Waals surface area (Å²) in [7, 11) is 0. The molecule has 1 atom stereocenters. The van der Waals surface area contributed by atoms with Crippen LogP contribution < -0.4 is 21.1 Å². The molecule has 1 heterocycles. The van der Waals surface area contributed by atoms with E-state index in [9.17, 15) is 4.79 Å². The number of anilines is 2. The first kappa shape index (κ1) is 15.4. The van der Waals surface area contributed by atoms with Crippen LogP contribution in [0.15, 0.2) is 18.2 Å². The van der Waals surface area contributed by atoms with Crippen LogP contribution in [0.25, 0.3) is 0 Å². The molecule has 6 heteroatoms. The third kappa shape index (κ3) is 4.82. The van der Waals surface area contributed by atoms with Crippen LogP contribution in [0.3, 0.4) is 0 Å². The van der Waals surface area contributed by atoms with E-state index in [2.05, 4.69) is 10.6 Å². The van der Waals surface area contributed by atoms with Gasteiger partial charge in [0.05, 0.1) is 17.5 Å². The lowest BCUT2D eigenvalue weighted by Crippen LogP contribution is -2.42. The number of hydrogen-bond acceptors (Lipinski definition) is 5. The summed E-state index contributed by atoms with van der Waals surface area (Å²) in [5.41, 5.74) is 6.97. The molecule has 0 spiro atoms. The molecule has 0 aromatic heterocycles. The summed E-state index contributed by atoms with van der Waals surface area (Å²) >= 11 is 0. The fourth-order valence-corrected chi connectivity index (χ4v) is 1.87. The Morgan fingerprint density at radius 1 is 1.48 bits per heavy atom. The average molecular weight is 293 g/mol. The number of amides is 1. The van der Waals surface area contributed by atoms with E-state index >= 15 is 0 Å². The monoisotopic (exact) mass is 293 g/mol. The van der Waals surface area contributed by atoms with Gasteiger partial charge in [-0.2, -0.15) is 0 Å². The van der Waals surface area contributed by atoms with E-state index in [1.54, 1.807) is 18.2 Å². The average Bonchev–Trinajstić information content (AvgIpc) is 2.27. The molecule has 1 fully saturated rings. The van der Waals surface area contributed by atoms with E-state index in [1.165, 1.54) is 0 Å². The molecular formula is C15H23N3O3. The third-order valence-electron chi connectivity index (χ3n) is 3.02. The molecule has 1 aromatic carbocycles. The van der Waals surface area contributed by atoms with Crippen molar-refractivity contribution in [2.45, 2.75) is 38.8 Å². The van der Waals surface area contributed by atoms with Crippen molar-refractivity contribution < 1.29 is 14.3 Å².